The molecular weight excluding hydrogens is 416 g/mol. The zero-order chi connectivity index (χ0) is 20.8. The quantitative estimate of drug-likeness (QED) is 0.489. The first-order valence-corrected chi connectivity index (χ1v) is 9.60. The van der Waals surface area contributed by atoms with E-state index in [4.69, 9.17) is 4.74 Å². The summed E-state index contributed by atoms with van der Waals surface area (Å²) in [6, 6.07) is 4.11. The molecule has 7 nitrogen and oxygen atoms in total. The van der Waals surface area contributed by atoms with Crippen LogP contribution in [0.15, 0.2) is 22.7 Å². The van der Waals surface area contributed by atoms with Gasteiger partial charge in [-0.25, -0.2) is 9.59 Å². The molecule has 0 bridgehead atoms. The highest BCUT2D eigenvalue weighted by atomic mass is 79.9. The smallest absolute Gasteiger partial charge is 0.407 e. The maximum atomic E-state index is 12.0. The summed E-state index contributed by atoms with van der Waals surface area (Å²) in [5, 5.41) is 24.8. The Morgan fingerprint density at radius 3 is 2.37 bits per heavy atom. The first kappa shape index (κ1) is 23.2. The number of benzene rings is 1. The topological polar surface area (TPSA) is 108 Å². The molecule has 0 aliphatic heterocycles. The standard InChI is InChI=1S/C19H29BrN2O5/c1-11(2)16(17(24)25)22-15-9-13(20)7-6-12(15)8-14(10-23)21-18(26)27-19(3,4)5/h6-7,9,11,14,16,22-23H,8,10H2,1-5H3,(H,21,26)(H,24,25)/t14?,16-/m0/s1. The first-order valence-electron chi connectivity index (χ1n) is 8.81. The zero-order valence-electron chi connectivity index (χ0n) is 16.4. The predicted molar refractivity (Wildman–Crippen MR) is 108 cm³/mol. The van der Waals surface area contributed by atoms with Crippen molar-refractivity contribution in [2.24, 2.45) is 5.92 Å². The average molecular weight is 445 g/mol. The van der Waals surface area contributed by atoms with Crippen LogP contribution in [-0.4, -0.2) is 46.6 Å². The van der Waals surface area contributed by atoms with Gasteiger partial charge >= 0.3 is 12.1 Å². The minimum Gasteiger partial charge on any atom is -0.480 e. The second-order valence-corrected chi connectivity index (χ2v) is 8.65. The number of aliphatic carboxylic acids is 1. The van der Waals surface area contributed by atoms with E-state index in [-0.39, 0.29) is 12.5 Å². The number of rotatable bonds is 8. The third-order valence-electron chi connectivity index (χ3n) is 3.72. The van der Waals surface area contributed by atoms with Crippen molar-refractivity contribution in [3.05, 3.63) is 28.2 Å². The summed E-state index contributed by atoms with van der Waals surface area (Å²) in [6.07, 6.45) is -0.297. The molecular formula is C19H29BrN2O5. The van der Waals surface area contributed by atoms with Crippen LogP contribution >= 0.6 is 15.9 Å². The lowest BCUT2D eigenvalue weighted by Gasteiger charge is -2.25. The van der Waals surface area contributed by atoms with Gasteiger partial charge in [0.05, 0.1) is 12.6 Å². The number of ether oxygens (including phenoxy) is 1. The summed E-state index contributed by atoms with van der Waals surface area (Å²) < 4.78 is 6.02. The average Bonchev–Trinajstić information content (AvgIpc) is 2.51. The van der Waals surface area contributed by atoms with E-state index >= 15 is 0 Å². The highest BCUT2D eigenvalue weighted by Gasteiger charge is 2.24. The number of aliphatic hydroxyl groups is 1. The normalized spacial score (nSPS) is 13.8. The molecule has 0 aliphatic carbocycles. The molecule has 4 N–H and O–H groups in total. The monoisotopic (exact) mass is 444 g/mol. The lowest BCUT2D eigenvalue weighted by atomic mass is 10.0. The summed E-state index contributed by atoms with van der Waals surface area (Å²) in [4.78, 5) is 23.5. The van der Waals surface area contributed by atoms with Crippen LogP contribution in [0, 0.1) is 5.92 Å². The number of carbonyl (C=O) groups excluding carboxylic acids is 1. The van der Waals surface area contributed by atoms with E-state index in [1.54, 1.807) is 26.8 Å². The molecule has 2 atom stereocenters. The van der Waals surface area contributed by atoms with E-state index in [9.17, 15) is 19.8 Å². The third-order valence-corrected chi connectivity index (χ3v) is 4.22. The summed E-state index contributed by atoms with van der Waals surface area (Å²) in [5.41, 5.74) is 0.774. The van der Waals surface area contributed by atoms with Crippen molar-refractivity contribution in [2.75, 3.05) is 11.9 Å². The number of nitrogens with one attached hydrogen (secondary N) is 2. The maximum Gasteiger partial charge on any atom is 0.407 e. The molecule has 0 saturated heterocycles. The molecule has 1 aromatic rings. The summed E-state index contributed by atoms with van der Waals surface area (Å²) in [6.45, 7) is 8.65. The molecule has 27 heavy (non-hydrogen) atoms. The van der Waals surface area contributed by atoms with Crippen molar-refractivity contribution < 1.29 is 24.5 Å². The van der Waals surface area contributed by atoms with Gasteiger partial charge in [-0.15, -0.1) is 0 Å². The maximum absolute atomic E-state index is 12.0. The molecule has 0 saturated carbocycles. The first-order chi connectivity index (χ1) is 12.4. The largest absolute Gasteiger partial charge is 0.480 e. The van der Waals surface area contributed by atoms with Gasteiger partial charge in [0.2, 0.25) is 0 Å². The van der Waals surface area contributed by atoms with E-state index < -0.39 is 29.7 Å². The van der Waals surface area contributed by atoms with Gasteiger partial charge in [0.1, 0.15) is 11.6 Å². The van der Waals surface area contributed by atoms with Gasteiger partial charge in [-0.3, -0.25) is 0 Å². The minimum atomic E-state index is -0.943. The van der Waals surface area contributed by atoms with Gasteiger partial charge in [0.15, 0.2) is 0 Å². The van der Waals surface area contributed by atoms with E-state index in [0.29, 0.717) is 12.1 Å². The van der Waals surface area contributed by atoms with Crippen molar-refractivity contribution in [1.82, 2.24) is 5.32 Å². The lowest BCUT2D eigenvalue weighted by molar-refractivity contribution is -0.138. The minimum absolute atomic E-state index is 0.122. The lowest BCUT2D eigenvalue weighted by Crippen LogP contribution is -2.42. The molecule has 152 valence electrons. The highest BCUT2D eigenvalue weighted by molar-refractivity contribution is 9.10. The van der Waals surface area contributed by atoms with Crippen LogP contribution in [0.2, 0.25) is 0 Å². The Bertz CT molecular complexity index is 658. The second kappa shape index (κ2) is 9.94. The van der Waals surface area contributed by atoms with Crippen LogP contribution < -0.4 is 10.6 Å². The molecule has 0 heterocycles. The summed E-state index contributed by atoms with van der Waals surface area (Å²) in [5.74, 6) is -1.07. The van der Waals surface area contributed by atoms with Gasteiger partial charge < -0.3 is 25.6 Å². The van der Waals surface area contributed by atoms with Gasteiger partial charge in [0.25, 0.3) is 0 Å². The van der Waals surface area contributed by atoms with E-state index in [1.807, 2.05) is 26.0 Å². The molecule has 0 radical (unpaired) electrons. The Morgan fingerprint density at radius 2 is 1.89 bits per heavy atom. The highest BCUT2D eigenvalue weighted by Crippen LogP contribution is 2.25. The van der Waals surface area contributed by atoms with Crippen LogP contribution in [-0.2, 0) is 16.0 Å². The molecule has 1 amide bonds. The second-order valence-electron chi connectivity index (χ2n) is 7.74. The van der Waals surface area contributed by atoms with Gasteiger partial charge in [0, 0.05) is 10.2 Å². The van der Waals surface area contributed by atoms with Crippen LogP contribution in [0.25, 0.3) is 0 Å². The number of carbonyl (C=O) groups is 2. The SMILES string of the molecule is CC(C)[C@H](Nc1cc(Br)ccc1CC(CO)NC(=O)OC(C)(C)C)C(=O)O. The van der Waals surface area contributed by atoms with Crippen molar-refractivity contribution >= 4 is 33.7 Å². The number of hydrogen-bond donors (Lipinski definition) is 4. The van der Waals surface area contributed by atoms with E-state index in [2.05, 4.69) is 26.6 Å². The number of alkyl carbamates (subject to hydrolysis) is 1. The Balaban J connectivity index is 2.98. The fraction of sp³-hybridized carbons (Fsp3) is 0.579. The predicted octanol–water partition coefficient (Wildman–Crippen LogP) is 3.40. The number of hydrogen-bond acceptors (Lipinski definition) is 5. The van der Waals surface area contributed by atoms with Crippen LogP contribution in [0.3, 0.4) is 0 Å². The molecule has 0 fully saturated rings. The molecule has 0 spiro atoms. The summed E-state index contributed by atoms with van der Waals surface area (Å²) in [7, 11) is 0. The van der Waals surface area contributed by atoms with Crippen molar-refractivity contribution in [1.29, 1.82) is 0 Å². The number of anilines is 1. The van der Waals surface area contributed by atoms with Gasteiger partial charge in [-0.1, -0.05) is 35.8 Å². The number of amides is 1. The van der Waals surface area contributed by atoms with Gasteiger partial charge in [-0.05, 0) is 50.8 Å². The van der Waals surface area contributed by atoms with Crippen LogP contribution in [0.4, 0.5) is 10.5 Å². The van der Waals surface area contributed by atoms with Gasteiger partial charge in [-0.2, -0.15) is 0 Å². The fourth-order valence-electron chi connectivity index (χ4n) is 2.44. The van der Waals surface area contributed by atoms with Crippen molar-refractivity contribution in [3.63, 3.8) is 0 Å². The fourth-order valence-corrected chi connectivity index (χ4v) is 2.80. The Kier molecular flexibility index (Phi) is 8.56. The Morgan fingerprint density at radius 1 is 1.26 bits per heavy atom. The number of carboxylic acids is 1. The van der Waals surface area contributed by atoms with E-state index in [1.165, 1.54) is 0 Å². The van der Waals surface area contributed by atoms with E-state index in [0.717, 1.165) is 10.0 Å². The molecule has 8 heteroatoms. The number of aliphatic hydroxyl groups excluding tert-OH is 1. The van der Waals surface area contributed by atoms with Crippen molar-refractivity contribution in [3.8, 4) is 0 Å². The Labute approximate surface area is 168 Å². The van der Waals surface area contributed by atoms with Crippen molar-refractivity contribution in [2.45, 2.75) is 58.7 Å². The molecule has 0 aliphatic rings. The Hall–Kier alpha value is -1.80. The van der Waals surface area contributed by atoms with Crippen LogP contribution in [0.1, 0.15) is 40.2 Å². The molecule has 1 rings (SSSR count). The van der Waals surface area contributed by atoms with Crippen LogP contribution in [0.5, 0.6) is 0 Å². The summed E-state index contributed by atoms with van der Waals surface area (Å²) >= 11 is 3.39. The third kappa shape index (κ3) is 8.17. The number of carboxylic acid groups (broad SMARTS) is 1. The molecule has 1 unspecified atom stereocenters. The zero-order valence-corrected chi connectivity index (χ0v) is 18.0. The molecule has 1 aromatic carbocycles. The number of halogens is 1. The molecule has 0 aromatic heterocycles.